The third-order valence-corrected chi connectivity index (χ3v) is 6.70. The molecule has 9 heteroatoms. The molecular formula is C18H18BrN5OS2. The predicted octanol–water partition coefficient (Wildman–Crippen LogP) is 3.77. The van der Waals surface area contributed by atoms with Crippen molar-refractivity contribution in [2.45, 2.75) is 30.6 Å². The van der Waals surface area contributed by atoms with Crippen LogP contribution in [0.3, 0.4) is 0 Å². The Labute approximate surface area is 173 Å². The molecule has 0 saturated heterocycles. The quantitative estimate of drug-likeness (QED) is 0.426. The van der Waals surface area contributed by atoms with Crippen LogP contribution in [0.4, 0.5) is 0 Å². The van der Waals surface area contributed by atoms with Crippen LogP contribution in [0.1, 0.15) is 18.4 Å². The lowest BCUT2D eigenvalue weighted by Gasteiger charge is -2.21. The molecule has 0 radical (unpaired) electrons. The van der Waals surface area contributed by atoms with Gasteiger partial charge in [-0.3, -0.25) is 4.79 Å². The maximum absolute atomic E-state index is 12.8. The number of carbonyl (C=O) groups excluding carboxylic acids is 1. The van der Waals surface area contributed by atoms with Crippen molar-refractivity contribution in [3.05, 3.63) is 51.1 Å². The highest BCUT2D eigenvalue weighted by Crippen LogP contribution is 2.31. The minimum Gasteiger partial charge on any atom is -0.335 e. The smallest absolute Gasteiger partial charge is 0.233 e. The Hall–Kier alpha value is -1.84. The Balaban J connectivity index is 1.44. The molecule has 140 valence electrons. The number of thiophene rings is 1. The summed E-state index contributed by atoms with van der Waals surface area (Å²) < 4.78 is 2.34. The SMILES string of the molecule is Nn1c(SCC(=O)N(Cc2ccsc2)C2CC2)nnc1-c1ccccc1Br. The van der Waals surface area contributed by atoms with Gasteiger partial charge in [0, 0.05) is 22.6 Å². The average molecular weight is 464 g/mol. The van der Waals surface area contributed by atoms with Crippen LogP contribution < -0.4 is 5.84 Å². The zero-order valence-electron chi connectivity index (χ0n) is 14.4. The molecule has 2 heterocycles. The molecule has 4 rings (SSSR count). The van der Waals surface area contributed by atoms with Gasteiger partial charge in [0.1, 0.15) is 0 Å². The van der Waals surface area contributed by atoms with Crippen LogP contribution in [-0.2, 0) is 11.3 Å². The predicted molar refractivity (Wildman–Crippen MR) is 112 cm³/mol. The van der Waals surface area contributed by atoms with Crippen molar-refractivity contribution in [1.82, 2.24) is 19.8 Å². The number of benzene rings is 1. The van der Waals surface area contributed by atoms with Crippen LogP contribution in [0.25, 0.3) is 11.4 Å². The van der Waals surface area contributed by atoms with Crippen LogP contribution in [0, 0.1) is 0 Å². The van der Waals surface area contributed by atoms with Gasteiger partial charge in [-0.2, -0.15) is 11.3 Å². The lowest BCUT2D eigenvalue weighted by Crippen LogP contribution is -2.34. The molecule has 0 atom stereocenters. The van der Waals surface area contributed by atoms with Crippen molar-refractivity contribution >= 4 is 44.9 Å². The molecule has 27 heavy (non-hydrogen) atoms. The van der Waals surface area contributed by atoms with Crippen LogP contribution >= 0.6 is 39.0 Å². The van der Waals surface area contributed by atoms with Crippen LogP contribution in [-0.4, -0.2) is 37.5 Å². The van der Waals surface area contributed by atoms with E-state index in [0.717, 1.165) is 22.9 Å². The number of thioether (sulfide) groups is 1. The second kappa shape index (κ2) is 8.04. The maximum atomic E-state index is 12.8. The number of rotatable bonds is 7. The molecule has 1 aliphatic carbocycles. The van der Waals surface area contributed by atoms with Crippen molar-refractivity contribution in [3.8, 4) is 11.4 Å². The van der Waals surface area contributed by atoms with Gasteiger partial charge in [0.25, 0.3) is 0 Å². The highest BCUT2D eigenvalue weighted by Gasteiger charge is 2.32. The van der Waals surface area contributed by atoms with E-state index in [2.05, 4.69) is 37.6 Å². The lowest BCUT2D eigenvalue weighted by molar-refractivity contribution is -0.129. The number of amides is 1. The molecule has 1 amide bonds. The number of nitrogens with two attached hydrogens (primary N) is 1. The Kier molecular flexibility index (Phi) is 5.51. The molecule has 0 spiro atoms. The second-order valence-corrected chi connectivity index (χ2v) is 8.91. The fourth-order valence-electron chi connectivity index (χ4n) is 2.80. The molecular weight excluding hydrogens is 446 g/mol. The summed E-state index contributed by atoms with van der Waals surface area (Å²) in [5.74, 6) is 7.15. The number of nitrogens with zero attached hydrogens (tertiary/aromatic N) is 4. The van der Waals surface area contributed by atoms with Crippen molar-refractivity contribution < 1.29 is 4.79 Å². The van der Waals surface area contributed by atoms with Crippen molar-refractivity contribution in [1.29, 1.82) is 0 Å². The summed E-state index contributed by atoms with van der Waals surface area (Å²) in [4.78, 5) is 14.7. The Bertz CT molecular complexity index is 939. The van der Waals surface area contributed by atoms with Gasteiger partial charge in [0.05, 0.1) is 5.75 Å². The van der Waals surface area contributed by atoms with E-state index >= 15 is 0 Å². The summed E-state index contributed by atoms with van der Waals surface area (Å²) in [5.41, 5.74) is 2.05. The highest BCUT2D eigenvalue weighted by molar-refractivity contribution is 9.10. The minimum atomic E-state index is 0.110. The summed E-state index contributed by atoms with van der Waals surface area (Å²) in [7, 11) is 0. The topological polar surface area (TPSA) is 77.0 Å². The molecule has 0 aliphatic heterocycles. The van der Waals surface area contributed by atoms with Gasteiger partial charge < -0.3 is 10.7 Å². The third kappa shape index (κ3) is 4.20. The first-order valence-electron chi connectivity index (χ1n) is 8.52. The van der Waals surface area contributed by atoms with Crippen LogP contribution in [0.2, 0.25) is 0 Å². The van der Waals surface area contributed by atoms with Gasteiger partial charge >= 0.3 is 0 Å². The van der Waals surface area contributed by atoms with E-state index < -0.39 is 0 Å². The van der Waals surface area contributed by atoms with Crippen LogP contribution in [0.5, 0.6) is 0 Å². The van der Waals surface area contributed by atoms with Crippen molar-refractivity contribution in [3.63, 3.8) is 0 Å². The first-order valence-corrected chi connectivity index (χ1v) is 11.2. The van der Waals surface area contributed by atoms with E-state index in [-0.39, 0.29) is 5.91 Å². The standard InChI is InChI=1S/C18H18BrN5OS2/c19-15-4-2-1-3-14(15)17-21-22-18(24(17)20)27-11-16(25)23(13-5-6-13)9-12-7-8-26-10-12/h1-4,7-8,10,13H,5-6,9,11,20H2. The lowest BCUT2D eigenvalue weighted by atomic mass is 10.2. The Morgan fingerprint density at radius 2 is 2.15 bits per heavy atom. The number of nitrogen functional groups attached to an aromatic ring is 1. The molecule has 2 N–H and O–H groups in total. The Morgan fingerprint density at radius 3 is 2.85 bits per heavy atom. The minimum absolute atomic E-state index is 0.110. The summed E-state index contributed by atoms with van der Waals surface area (Å²) in [6.45, 7) is 0.672. The summed E-state index contributed by atoms with van der Waals surface area (Å²) in [6.07, 6.45) is 2.17. The van der Waals surface area contributed by atoms with E-state index in [1.165, 1.54) is 22.0 Å². The maximum Gasteiger partial charge on any atom is 0.233 e. The van der Waals surface area contributed by atoms with E-state index in [9.17, 15) is 4.79 Å². The van der Waals surface area contributed by atoms with Gasteiger partial charge in [-0.15, -0.1) is 10.2 Å². The molecule has 1 saturated carbocycles. The molecule has 3 aromatic rings. The molecule has 1 aromatic carbocycles. The van der Waals surface area contributed by atoms with Gasteiger partial charge in [-0.25, -0.2) is 4.68 Å². The zero-order valence-corrected chi connectivity index (χ0v) is 17.6. The number of aromatic nitrogens is 3. The molecule has 6 nitrogen and oxygen atoms in total. The number of hydrogen-bond acceptors (Lipinski definition) is 6. The molecule has 0 bridgehead atoms. The normalized spacial score (nSPS) is 13.7. The number of carbonyl (C=O) groups is 1. The molecule has 0 unspecified atom stereocenters. The number of hydrogen-bond donors (Lipinski definition) is 1. The molecule has 1 aliphatic rings. The van der Waals surface area contributed by atoms with Gasteiger partial charge in [-0.05, 0) is 47.4 Å². The van der Waals surface area contributed by atoms with Gasteiger partial charge in [0.15, 0.2) is 5.82 Å². The van der Waals surface area contributed by atoms with Gasteiger partial charge in [0.2, 0.25) is 11.1 Å². The highest BCUT2D eigenvalue weighted by atomic mass is 79.9. The zero-order chi connectivity index (χ0) is 18.8. The third-order valence-electron chi connectivity index (χ3n) is 4.35. The monoisotopic (exact) mass is 463 g/mol. The summed E-state index contributed by atoms with van der Waals surface area (Å²) in [6, 6.07) is 10.1. The summed E-state index contributed by atoms with van der Waals surface area (Å²) >= 11 is 6.48. The van der Waals surface area contributed by atoms with E-state index in [1.54, 1.807) is 11.3 Å². The Morgan fingerprint density at radius 1 is 1.33 bits per heavy atom. The van der Waals surface area contributed by atoms with Crippen LogP contribution in [0.15, 0.2) is 50.7 Å². The first kappa shape index (κ1) is 18.5. The van der Waals surface area contributed by atoms with Gasteiger partial charge in [-0.1, -0.05) is 39.8 Å². The fourth-order valence-corrected chi connectivity index (χ4v) is 4.66. The molecule has 2 aromatic heterocycles. The van der Waals surface area contributed by atoms with E-state index in [0.29, 0.717) is 29.3 Å². The molecule has 1 fully saturated rings. The van der Waals surface area contributed by atoms with Crippen molar-refractivity contribution in [2.24, 2.45) is 0 Å². The van der Waals surface area contributed by atoms with Crippen molar-refractivity contribution in [2.75, 3.05) is 11.6 Å². The number of halogens is 1. The fraction of sp³-hybridized carbons (Fsp3) is 0.278. The first-order chi connectivity index (χ1) is 13.1. The second-order valence-electron chi connectivity index (χ2n) is 6.33. The van der Waals surface area contributed by atoms with E-state index in [1.807, 2.05) is 34.5 Å². The summed E-state index contributed by atoms with van der Waals surface area (Å²) in [5, 5.41) is 13.0. The van der Waals surface area contributed by atoms with E-state index in [4.69, 9.17) is 5.84 Å². The average Bonchev–Trinajstić information content (AvgIpc) is 3.25. The largest absolute Gasteiger partial charge is 0.335 e.